The van der Waals surface area contributed by atoms with Gasteiger partial charge in [-0.3, -0.25) is 0 Å². The number of hydrogen-bond acceptors (Lipinski definition) is 6. The standard InChI is InChI=1S/C19H21NO6/c1-23-15-4-2-3-12(19(15)22)18(20-5-7-24-8-6-20)13-9-16-17(10-14(13)21)26-11-25-16/h2-4,9-10,18,21-22H,5-8,11H2,1H3/p+1/t18-/m1/s1. The molecule has 138 valence electrons. The van der Waals surface area contributed by atoms with Crippen LogP contribution >= 0.6 is 0 Å². The first-order chi connectivity index (χ1) is 12.7. The van der Waals surface area contributed by atoms with Gasteiger partial charge in [-0.1, -0.05) is 6.07 Å². The quantitative estimate of drug-likeness (QED) is 0.750. The number of methoxy groups -OCH3 is 1. The number of rotatable bonds is 4. The van der Waals surface area contributed by atoms with E-state index < -0.39 is 0 Å². The molecule has 1 atom stereocenters. The molecule has 2 aromatic carbocycles. The number of fused-ring (bicyclic) bond motifs is 1. The third-order valence-electron chi connectivity index (χ3n) is 4.94. The summed E-state index contributed by atoms with van der Waals surface area (Å²) in [4.78, 5) is 1.19. The maximum Gasteiger partial charge on any atom is 0.231 e. The van der Waals surface area contributed by atoms with Crippen LogP contribution in [-0.2, 0) is 4.74 Å². The van der Waals surface area contributed by atoms with Gasteiger partial charge in [0, 0.05) is 6.07 Å². The van der Waals surface area contributed by atoms with Crippen LogP contribution < -0.4 is 19.1 Å². The van der Waals surface area contributed by atoms with E-state index in [0.29, 0.717) is 41.6 Å². The second kappa shape index (κ2) is 6.93. The highest BCUT2D eigenvalue weighted by Gasteiger charge is 2.34. The molecular formula is C19H22NO6+. The predicted octanol–water partition coefficient (Wildman–Crippen LogP) is 0.840. The summed E-state index contributed by atoms with van der Waals surface area (Å²) < 4.78 is 21.6. The van der Waals surface area contributed by atoms with Crippen LogP contribution in [0.2, 0.25) is 0 Å². The average Bonchev–Trinajstić information content (AvgIpc) is 3.11. The molecule has 0 radical (unpaired) electrons. The molecule has 4 rings (SSSR count). The van der Waals surface area contributed by atoms with Crippen molar-refractivity contribution in [2.24, 2.45) is 0 Å². The third-order valence-corrected chi connectivity index (χ3v) is 4.94. The fraction of sp³-hybridized carbons (Fsp3) is 0.368. The summed E-state index contributed by atoms with van der Waals surface area (Å²) in [5, 5.41) is 21.4. The maximum atomic E-state index is 10.7. The normalized spacial score (nSPS) is 17.9. The lowest BCUT2D eigenvalue weighted by Crippen LogP contribution is -3.14. The van der Waals surface area contributed by atoms with Gasteiger partial charge < -0.3 is 34.1 Å². The summed E-state index contributed by atoms with van der Waals surface area (Å²) in [5.41, 5.74) is 1.37. The van der Waals surface area contributed by atoms with Gasteiger partial charge >= 0.3 is 0 Å². The average molecular weight is 360 g/mol. The van der Waals surface area contributed by atoms with E-state index in [0.717, 1.165) is 13.1 Å². The van der Waals surface area contributed by atoms with Gasteiger partial charge in [0.25, 0.3) is 0 Å². The molecule has 0 aliphatic carbocycles. The summed E-state index contributed by atoms with van der Waals surface area (Å²) in [7, 11) is 1.52. The zero-order valence-corrected chi connectivity index (χ0v) is 14.5. The monoisotopic (exact) mass is 360 g/mol. The second-order valence-corrected chi connectivity index (χ2v) is 6.37. The summed E-state index contributed by atoms with van der Waals surface area (Å²) in [6, 6.07) is 8.48. The number of morpholine rings is 1. The zero-order chi connectivity index (χ0) is 18.1. The second-order valence-electron chi connectivity index (χ2n) is 6.37. The van der Waals surface area contributed by atoms with Gasteiger partial charge in [0.1, 0.15) is 24.9 Å². The Bertz CT molecular complexity index is 803. The van der Waals surface area contributed by atoms with Crippen LogP contribution in [0.3, 0.4) is 0 Å². The van der Waals surface area contributed by atoms with E-state index in [4.69, 9.17) is 18.9 Å². The number of phenolic OH excluding ortho intramolecular Hbond substituents is 2. The number of benzene rings is 2. The molecule has 2 aliphatic rings. The zero-order valence-electron chi connectivity index (χ0n) is 14.5. The highest BCUT2D eigenvalue weighted by molar-refractivity contribution is 5.56. The van der Waals surface area contributed by atoms with Crippen LogP contribution in [0, 0.1) is 0 Å². The SMILES string of the molecule is COc1cccc([C@H](c2cc3c(cc2O)OCO3)[NH+]2CCOCC2)c1O. The minimum absolute atomic E-state index is 0.0797. The van der Waals surface area contributed by atoms with Crippen LogP contribution in [0.15, 0.2) is 30.3 Å². The van der Waals surface area contributed by atoms with Crippen molar-refractivity contribution in [1.82, 2.24) is 0 Å². The van der Waals surface area contributed by atoms with Gasteiger partial charge in [0.2, 0.25) is 6.79 Å². The van der Waals surface area contributed by atoms with E-state index in [2.05, 4.69) is 0 Å². The van der Waals surface area contributed by atoms with Crippen LogP contribution in [0.25, 0.3) is 0 Å². The maximum absolute atomic E-state index is 10.7. The van der Waals surface area contributed by atoms with Crippen LogP contribution in [0.1, 0.15) is 17.2 Å². The highest BCUT2D eigenvalue weighted by Crippen LogP contribution is 2.43. The molecule has 0 amide bonds. The van der Waals surface area contributed by atoms with Gasteiger partial charge in [-0.05, 0) is 18.2 Å². The van der Waals surface area contributed by atoms with Crippen molar-refractivity contribution in [3.05, 3.63) is 41.5 Å². The summed E-state index contributed by atoms with van der Waals surface area (Å²) >= 11 is 0. The Balaban J connectivity index is 1.84. The number of phenols is 2. The fourth-order valence-electron chi connectivity index (χ4n) is 3.64. The largest absolute Gasteiger partial charge is 0.507 e. The Morgan fingerprint density at radius 1 is 1.04 bits per heavy atom. The van der Waals surface area contributed by atoms with Crippen molar-refractivity contribution < 1.29 is 34.1 Å². The molecule has 0 unspecified atom stereocenters. The molecule has 1 fully saturated rings. The molecule has 2 heterocycles. The van der Waals surface area contributed by atoms with Crippen molar-refractivity contribution in [2.75, 3.05) is 40.2 Å². The topological polar surface area (TPSA) is 81.8 Å². The van der Waals surface area contributed by atoms with Crippen LogP contribution in [-0.4, -0.2) is 50.4 Å². The van der Waals surface area contributed by atoms with E-state index in [1.807, 2.05) is 12.1 Å². The van der Waals surface area contributed by atoms with Crippen molar-refractivity contribution in [2.45, 2.75) is 6.04 Å². The summed E-state index contributed by atoms with van der Waals surface area (Å²) in [5.74, 6) is 1.71. The molecule has 1 saturated heterocycles. The number of quaternary nitrogens is 1. The van der Waals surface area contributed by atoms with Gasteiger partial charge in [-0.25, -0.2) is 0 Å². The first-order valence-corrected chi connectivity index (χ1v) is 8.59. The first-order valence-electron chi connectivity index (χ1n) is 8.59. The van der Waals surface area contributed by atoms with Crippen LogP contribution in [0.4, 0.5) is 0 Å². The molecule has 0 spiro atoms. The molecule has 7 nitrogen and oxygen atoms in total. The third kappa shape index (κ3) is 2.89. The number of para-hydroxylation sites is 1. The molecular weight excluding hydrogens is 338 g/mol. The number of nitrogens with one attached hydrogen (secondary N) is 1. The van der Waals surface area contributed by atoms with Gasteiger partial charge in [-0.2, -0.15) is 0 Å². The summed E-state index contributed by atoms with van der Waals surface area (Å²) in [6.07, 6.45) is 0. The minimum atomic E-state index is -0.288. The Morgan fingerprint density at radius 2 is 1.77 bits per heavy atom. The smallest absolute Gasteiger partial charge is 0.231 e. The van der Waals surface area contributed by atoms with Crippen LogP contribution in [0.5, 0.6) is 28.7 Å². The van der Waals surface area contributed by atoms with E-state index in [1.54, 1.807) is 18.2 Å². The Hall–Kier alpha value is -2.64. The number of ether oxygens (including phenoxy) is 4. The molecule has 0 saturated carbocycles. The molecule has 2 aromatic rings. The molecule has 26 heavy (non-hydrogen) atoms. The van der Waals surface area contributed by atoms with E-state index >= 15 is 0 Å². The van der Waals surface area contributed by atoms with Gasteiger partial charge in [0.05, 0.1) is 31.5 Å². The molecule has 7 heteroatoms. The Morgan fingerprint density at radius 3 is 2.50 bits per heavy atom. The first kappa shape index (κ1) is 16.8. The van der Waals surface area contributed by atoms with Crippen molar-refractivity contribution in [3.63, 3.8) is 0 Å². The molecule has 2 aliphatic heterocycles. The van der Waals surface area contributed by atoms with Gasteiger partial charge in [0.15, 0.2) is 23.0 Å². The predicted molar refractivity (Wildman–Crippen MR) is 92.2 cm³/mol. The van der Waals surface area contributed by atoms with E-state index in [-0.39, 0.29) is 24.3 Å². The lowest BCUT2D eigenvalue weighted by atomic mass is 9.94. The Kier molecular flexibility index (Phi) is 4.48. The van der Waals surface area contributed by atoms with E-state index in [9.17, 15) is 10.2 Å². The Labute approximate surface area is 151 Å². The molecule has 3 N–H and O–H groups in total. The number of hydrogen-bond donors (Lipinski definition) is 3. The minimum Gasteiger partial charge on any atom is -0.507 e. The van der Waals surface area contributed by atoms with Gasteiger partial charge in [-0.15, -0.1) is 0 Å². The lowest BCUT2D eigenvalue weighted by molar-refractivity contribution is -0.933. The van der Waals surface area contributed by atoms with E-state index in [1.165, 1.54) is 12.0 Å². The fourth-order valence-corrected chi connectivity index (χ4v) is 3.64. The highest BCUT2D eigenvalue weighted by atomic mass is 16.7. The summed E-state index contributed by atoms with van der Waals surface area (Å²) in [6.45, 7) is 2.91. The molecule has 0 bridgehead atoms. The molecule has 0 aromatic heterocycles. The van der Waals surface area contributed by atoms with Crippen molar-refractivity contribution >= 4 is 0 Å². The lowest BCUT2D eigenvalue weighted by Gasteiger charge is -2.32. The van der Waals surface area contributed by atoms with Crippen molar-refractivity contribution in [1.29, 1.82) is 0 Å². The van der Waals surface area contributed by atoms with Crippen molar-refractivity contribution in [3.8, 4) is 28.7 Å². The number of aromatic hydroxyl groups is 2.